The molecule has 0 radical (unpaired) electrons. The van der Waals surface area contributed by atoms with Crippen molar-refractivity contribution in [2.45, 2.75) is 0 Å². The molecule has 6 nitrogen and oxygen atoms in total. The number of aromatic nitrogens is 4. The summed E-state index contributed by atoms with van der Waals surface area (Å²) in [6, 6.07) is 9.23. The highest BCUT2D eigenvalue weighted by Gasteiger charge is 2.08. The fourth-order valence-electron chi connectivity index (χ4n) is 1.64. The molecule has 0 spiro atoms. The molecule has 98 valence electrons. The molecule has 0 unspecified atom stereocenters. The van der Waals surface area contributed by atoms with Crippen molar-refractivity contribution in [1.29, 1.82) is 0 Å². The predicted octanol–water partition coefficient (Wildman–Crippen LogP) is 2.28. The molecular formula is C14H11N5O. The van der Waals surface area contributed by atoms with Gasteiger partial charge in [-0.2, -0.15) is 4.98 Å². The first kappa shape index (κ1) is 12.0. The fraction of sp³-hybridized carbons (Fsp3) is 0. The molecular weight excluding hydrogens is 254 g/mol. The van der Waals surface area contributed by atoms with Crippen LogP contribution in [0.15, 0.2) is 47.2 Å². The Balaban J connectivity index is 1.81. The Morgan fingerprint density at radius 3 is 2.65 bits per heavy atom. The van der Waals surface area contributed by atoms with Gasteiger partial charge in [-0.3, -0.25) is 0 Å². The Morgan fingerprint density at radius 1 is 1.00 bits per heavy atom. The Hall–Kier alpha value is -3.02. The third-order valence-corrected chi connectivity index (χ3v) is 2.54. The number of hydrogen-bond donors (Lipinski definition) is 1. The van der Waals surface area contributed by atoms with Gasteiger partial charge in [0.25, 0.3) is 5.89 Å². The largest absolute Gasteiger partial charge is 0.399 e. The lowest BCUT2D eigenvalue weighted by Crippen LogP contribution is -1.88. The Kier molecular flexibility index (Phi) is 3.20. The lowest BCUT2D eigenvalue weighted by molar-refractivity contribution is 0.411. The molecule has 0 fully saturated rings. The van der Waals surface area contributed by atoms with Gasteiger partial charge >= 0.3 is 0 Å². The average molecular weight is 265 g/mol. The molecule has 0 amide bonds. The Labute approximate surface area is 115 Å². The van der Waals surface area contributed by atoms with Gasteiger partial charge in [-0.25, -0.2) is 9.97 Å². The molecule has 0 aliphatic rings. The molecule has 0 aliphatic carbocycles. The van der Waals surface area contributed by atoms with Crippen LogP contribution in [0.3, 0.4) is 0 Å². The third kappa shape index (κ3) is 2.69. The SMILES string of the molecule is Nc1cccc(/C=C/c2nc(-c3ncccn3)no2)c1. The molecule has 0 bridgehead atoms. The van der Waals surface area contributed by atoms with Crippen molar-refractivity contribution < 1.29 is 4.52 Å². The molecule has 20 heavy (non-hydrogen) atoms. The smallest absolute Gasteiger partial charge is 0.251 e. The van der Waals surface area contributed by atoms with Gasteiger partial charge in [0.1, 0.15) is 0 Å². The minimum absolute atomic E-state index is 0.359. The maximum Gasteiger partial charge on any atom is 0.251 e. The van der Waals surface area contributed by atoms with E-state index < -0.39 is 0 Å². The van der Waals surface area contributed by atoms with Gasteiger partial charge in [0.15, 0.2) is 0 Å². The van der Waals surface area contributed by atoms with Crippen LogP contribution in [-0.4, -0.2) is 20.1 Å². The molecule has 2 aromatic heterocycles. The van der Waals surface area contributed by atoms with Gasteiger partial charge in [-0.15, -0.1) is 0 Å². The number of rotatable bonds is 3. The van der Waals surface area contributed by atoms with E-state index >= 15 is 0 Å². The molecule has 2 N–H and O–H groups in total. The van der Waals surface area contributed by atoms with Crippen LogP contribution in [0.25, 0.3) is 23.8 Å². The van der Waals surface area contributed by atoms with Crippen LogP contribution in [0.5, 0.6) is 0 Å². The molecule has 1 aromatic carbocycles. The second-order valence-corrected chi connectivity index (χ2v) is 4.03. The first-order valence-corrected chi connectivity index (χ1v) is 5.96. The van der Waals surface area contributed by atoms with Crippen LogP contribution >= 0.6 is 0 Å². The van der Waals surface area contributed by atoms with E-state index in [0.717, 1.165) is 5.56 Å². The zero-order valence-electron chi connectivity index (χ0n) is 10.5. The first-order chi connectivity index (χ1) is 9.81. The summed E-state index contributed by atoms with van der Waals surface area (Å²) in [5.74, 6) is 1.17. The zero-order valence-corrected chi connectivity index (χ0v) is 10.5. The van der Waals surface area contributed by atoms with Crippen LogP contribution in [0.4, 0.5) is 5.69 Å². The molecule has 6 heteroatoms. The standard InChI is InChI=1S/C14H11N5O/c15-11-4-1-3-10(9-11)5-6-12-18-14(19-20-12)13-16-7-2-8-17-13/h1-9H,15H2/b6-5+. The quantitative estimate of drug-likeness (QED) is 0.730. The van der Waals surface area contributed by atoms with E-state index in [1.807, 2.05) is 30.3 Å². The number of anilines is 1. The monoisotopic (exact) mass is 265 g/mol. The minimum atomic E-state index is 0.359. The van der Waals surface area contributed by atoms with E-state index in [-0.39, 0.29) is 0 Å². The van der Waals surface area contributed by atoms with E-state index in [0.29, 0.717) is 23.2 Å². The highest BCUT2D eigenvalue weighted by Crippen LogP contribution is 2.13. The topological polar surface area (TPSA) is 90.7 Å². The molecule has 2 heterocycles. The summed E-state index contributed by atoms with van der Waals surface area (Å²) in [6.45, 7) is 0. The van der Waals surface area contributed by atoms with Gasteiger partial charge in [-0.05, 0) is 29.8 Å². The minimum Gasteiger partial charge on any atom is -0.399 e. The summed E-state index contributed by atoms with van der Waals surface area (Å²) in [7, 11) is 0. The van der Waals surface area contributed by atoms with Crippen molar-refractivity contribution in [3.05, 3.63) is 54.2 Å². The normalized spacial score (nSPS) is 11.0. The summed E-state index contributed by atoms with van der Waals surface area (Å²) in [5, 5.41) is 3.83. The Morgan fingerprint density at radius 2 is 1.85 bits per heavy atom. The Bertz CT molecular complexity index is 736. The summed E-state index contributed by atoms with van der Waals surface area (Å²) >= 11 is 0. The summed E-state index contributed by atoms with van der Waals surface area (Å²) in [5.41, 5.74) is 7.37. The van der Waals surface area contributed by atoms with Crippen LogP contribution in [0, 0.1) is 0 Å². The second-order valence-electron chi connectivity index (χ2n) is 4.03. The third-order valence-electron chi connectivity index (χ3n) is 2.54. The van der Waals surface area contributed by atoms with Crippen molar-refractivity contribution in [2.24, 2.45) is 0 Å². The van der Waals surface area contributed by atoms with E-state index in [2.05, 4.69) is 20.1 Å². The van der Waals surface area contributed by atoms with Crippen molar-refractivity contribution in [3.8, 4) is 11.6 Å². The van der Waals surface area contributed by atoms with Crippen molar-refractivity contribution in [2.75, 3.05) is 5.73 Å². The zero-order chi connectivity index (χ0) is 13.8. The van der Waals surface area contributed by atoms with E-state index in [1.54, 1.807) is 24.5 Å². The molecule has 3 rings (SSSR count). The van der Waals surface area contributed by atoms with Crippen LogP contribution in [-0.2, 0) is 0 Å². The number of nitrogens with zero attached hydrogens (tertiary/aromatic N) is 4. The van der Waals surface area contributed by atoms with E-state index in [4.69, 9.17) is 10.3 Å². The van der Waals surface area contributed by atoms with Gasteiger partial charge in [0.2, 0.25) is 11.6 Å². The van der Waals surface area contributed by atoms with Crippen molar-refractivity contribution in [3.63, 3.8) is 0 Å². The van der Waals surface area contributed by atoms with Crippen LogP contribution in [0.2, 0.25) is 0 Å². The van der Waals surface area contributed by atoms with Gasteiger partial charge in [-0.1, -0.05) is 17.3 Å². The van der Waals surface area contributed by atoms with Crippen LogP contribution < -0.4 is 5.73 Å². The van der Waals surface area contributed by atoms with Gasteiger partial charge in [0.05, 0.1) is 0 Å². The molecule has 3 aromatic rings. The summed E-state index contributed by atoms with van der Waals surface area (Å²) in [6.07, 6.45) is 6.82. The number of hydrogen-bond acceptors (Lipinski definition) is 6. The maximum atomic E-state index is 5.71. The highest BCUT2D eigenvalue weighted by molar-refractivity contribution is 5.68. The predicted molar refractivity (Wildman–Crippen MR) is 75.1 cm³/mol. The maximum absolute atomic E-state index is 5.71. The van der Waals surface area contributed by atoms with Crippen molar-refractivity contribution >= 4 is 17.8 Å². The average Bonchev–Trinajstić information content (AvgIpc) is 2.95. The van der Waals surface area contributed by atoms with Gasteiger partial charge < -0.3 is 10.3 Å². The van der Waals surface area contributed by atoms with E-state index in [1.165, 1.54) is 0 Å². The highest BCUT2D eigenvalue weighted by atomic mass is 16.5. The number of nitrogen functional groups attached to an aromatic ring is 1. The summed E-state index contributed by atoms with van der Waals surface area (Å²) < 4.78 is 5.11. The second kappa shape index (κ2) is 5.31. The lowest BCUT2D eigenvalue weighted by Gasteiger charge is -1.94. The molecule has 0 saturated heterocycles. The number of benzene rings is 1. The van der Waals surface area contributed by atoms with Crippen LogP contribution in [0.1, 0.15) is 11.5 Å². The molecule has 0 atom stereocenters. The lowest BCUT2D eigenvalue weighted by atomic mass is 10.2. The summed E-state index contributed by atoms with van der Waals surface area (Å²) in [4.78, 5) is 12.3. The molecule has 0 aliphatic heterocycles. The fourth-order valence-corrected chi connectivity index (χ4v) is 1.64. The molecule has 0 saturated carbocycles. The van der Waals surface area contributed by atoms with Crippen molar-refractivity contribution in [1.82, 2.24) is 20.1 Å². The van der Waals surface area contributed by atoms with E-state index in [9.17, 15) is 0 Å². The van der Waals surface area contributed by atoms with Gasteiger partial charge in [0, 0.05) is 24.2 Å². The first-order valence-electron chi connectivity index (χ1n) is 5.96. The number of nitrogens with two attached hydrogens (primary N) is 1.